The van der Waals surface area contributed by atoms with Crippen molar-refractivity contribution in [2.75, 3.05) is 19.6 Å². The lowest BCUT2D eigenvalue weighted by atomic mass is 10.1. The van der Waals surface area contributed by atoms with E-state index in [9.17, 15) is 8.42 Å². The summed E-state index contributed by atoms with van der Waals surface area (Å²) in [5.41, 5.74) is 0. The van der Waals surface area contributed by atoms with Crippen molar-refractivity contribution in [2.45, 2.75) is 43.0 Å². The quantitative estimate of drug-likeness (QED) is 0.832. The molecule has 0 saturated carbocycles. The third kappa shape index (κ3) is 4.02. The third-order valence-electron chi connectivity index (χ3n) is 3.64. The Morgan fingerprint density at radius 2 is 2.05 bits per heavy atom. The molecule has 1 atom stereocenters. The fourth-order valence-electron chi connectivity index (χ4n) is 2.38. The van der Waals surface area contributed by atoms with Gasteiger partial charge in [0.05, 0.1) is 6.61 Å². The van der Waals surface area contributed by atoms with Crippen molar-refractivity contribution in [3.8, 4) is 0 Å². The molecule has 1 fully saturated rings. The number of rotatable bonds is 6. The number of thiophene rings is 1. The van der Waals surface area contributed by atoms with Crippen molar-refractivity contribution in [1.82, 2.24) is 9.62 Å². The largest absolute Gasteiger partial charge is 0.391 e. The molecular formula is C13H22N2O3S2. The van der Waals surface area contributed by atoms with Crippen LogP contribution in [0.4, 0.5) is 0 Å². The van der Waals surface area contributed by atoms with Crippen LogP contribution in [0.15, 0.2) is 16.3 Å². The minimum Gasteiger partial charge on any atom is -0.391 e. The molecule has 1 unspecified atom stereocenters. The zero-order chi connectivity index (χ0) is 14.6. The van der Waals surface area contributed by atoms with E-state index >= 15 is 0 Å². The van der Waals surface area contributed by atoms with Crippen LogP contribution in [0.1, 0.15) is 31.1 Å². The van der Waals surface area contributed by atoms with Crippen molar-refractivity contribution in [3.63, 3.8) is 0 Å². The minimum atomic E-state index is -3.45. The van der Waals surface area contributed by atoms with E-state index < -0.39 is 10.0 Å². The van der Waals surface area contributed by atoms with Crippen molar-refractivity contribution in [1.29, 1.82) is 0 Å². The van der Waals surface area contributed by atoms with Crippen LogP contribution >= 0.6 is 11.3 Å². The number of aliphatic hydroxyl groups is 1. The molecule has 0 radical (unpaired) electrons. The number of hydrogen-bond acceptors (Lipinski definition) is 5. The summed E-state index contributed by atoms with van der Waals surface area (Å²) in [5.74, 6) is 0. The van der Waals surface area contributed by atoms with E-state index in [1.807, 2.05) is 0 Å². The van der Waals surface area contributed by atoms with Gasteiger partial charge in [0.2, 0.25) is 10.0 Å². The van der Waals surface area contributed by atoms with Crippen LogP contribution in [0.5, 0.6) is 0 Å². The summed E-state index contributed by atoms with van der Waals surface area (Å²) < 4.78 is 27.2. The van der Waals surface area contributed by atoms with Crippen LogP contribution in [-0.4, -0.2) is 44.1 Å². The predicted octanol–water partition coefficient (Wildman–Crippen LogP) is 1.39. The van der Waals surface area contributed by atoms with Gasteiger partial charge < -0.3 is 5.11 Å². The van der Waals surface area contributed by atoms with Crippen LogP contribution in [0, 0.1) is 0 Å². The van der Waals surface area contributed by atoms with Gasteiger partial charge in [0, 0.05) is 17.5 Å². The first-order chi connectivity index (χ1) is 9.53. The molecule has 20 heavy (non-hydrogen) atoms. The Morgan fingerprint density at radius 1 is 1.35 bits per heavy atom. The molecular weight excluding hydrogens is 296 g/mol. The Balaban J connectivity index is 1.91. The van der Waals surface area contributed by atoms with Crippen molar-refractivity contribution in [3.05, 3.63) is 17.0 Å². The highest BCUT2D eigenvalue weighted by Crippen LogP contribution is 2.21. The highest BCUT2D eigenvalue weighted by molar-refractivity contribution is 7.91. The van der Waals surface area contributed by atoms with E-state index in [2.05, 4.69) is 16.5 Å². The van der Waals surface area contributed by atoms with Gasteiger partial charge in [0.1, 0.15) is 4.21 Å². The summed E-state index contributed by atoms with van der Waals surface area (Å²) in [4.78, 5) is 2.99. The first-order valence-corrected chi connectivity index (χ1v) is 9.26. The number of nitrogens with zero attached hydrogens (tertiary/aromatic N) is 1. The zero-order valence-electron chi connectivity index (χ0n) is 11.7. The fraction of sp³-hybridized carbons (Fsp3) is 0.692. The maximum Gasteiger partial charge on any atom is 0.250 e. The average molecular weight is 318 g/mol. The number of hydrogen-bond donors (Lipinski definition) is 2. The molecule has 1 aliphatic rings. The van der Waals surface area contributed by atoms with Gasteiger partial charge in [0.25, 0.3) is 0 Å². The van der Waals surface area contributed by atoms with E-state index in [0.717, 1.165) is 24.4 Å². The molecule has 0 amide bonds. The molecule has 2 rings (SSSR count). The lowest BCUT2D eigenvalue weighted by molar-refractivity contribution is 0.175. The van der Waals surface area contributed by atoms with Gasteiger partial charge >= 0.3 is 0 Å². The van der Waals surface area contributed by atoms with E-state index in [0.29, 0.717) is 11.4 Å². The summed E-state index contributed by atoms with van der Waals surface area (Å²) in [5, 5.41) is 8.99. The summed E-state index contributed by atoms with van der Waals surface area (Å²) in [6.45, 7) is 4.47. The molecule has 1 aliphatic heterocycles. The van der Waals surface area contributed by atoms with Crippen molar-refractivity contribution < 1.29 is 13.5 Å². The van der Waals surface area contributed by atoms with Crippen LogP contribution in [0.2, 0.25) is 0 Å². The fourth-order valence-corrected chi connectivity index (χ4v) is 4.76. The van der Waals surface area contributed by atoms with Gasteiger partial charge in [-0.05, 0) is 45.0 Å². The van der Waals surface area contributed by atoms with E-state index in [-0.39, 0.29) is 16.9 Å². The Hall–Kier alpha value is -0.470. The van der Waals surface area contributed by atoms with Gasteiger partial charge in [-0.25, -0.2) is 13.1 Å². The van der Waals surface area contributed by atoms with Crippen LogP contribution in [0.3, 0.4) is 0 Å². The summed E-state index contributed by atoms with van der Waals surface area (Å²) in [6, 6.07) is 3.40. The summed E-state index contributed by atoms with van der Waals surface area (Å²) >= 11 is 1.11. The molecule has 7 heteroatoms. The van der Waals surface area contributed by atoms with Gasteiger partial charge in [-0.15, -0.1) is 11.3 Å². The summed E-state index contributed by atoms with van der Waals surface area (Å²) in [6.07, 6.45) is 3.66. The van der Waals surface area contributed by atoms with Gasteiger partial charge in [-0.2, -0.15) is 0 Å². The van der Waals surface area contributed by atoms with E-state index in [1.165, 1.54) is 19.3 Å². The standard InChI is InChI=1S/C13H22N2O3S2/c1-11(15-7-3-2-4-8-15)9-14-20(17,18)13-6-5-12(10-16)19-13/h5-6,11,14,16H,2-4,7-10H2,1H3. The summed E-state index contributed by atoms with van der Waals surface area (Å²) in [7, 11) is -3.45. The SMILES string of the molecule is CC(CNS(=O)(=O)c1ccc(CO)s1)N1CCCCC1. The Kier molecular flexibility index (Phi) is 5.57. The molecule has 0 aromatic carbocycles. The van der Waals surface area contributed by atoms with Crippen LogP contribution < -0.4 is 4.72 Å². The molecule has 114 valence electrons. The number of piperidine rings is 1. The lowest BCUT2D eigenvalue weighted by Gasteiger charge is -2.32. The Morgan fingerprint density at radius 3 is 2.65 bits per heavy atom. The first-order valence-electron chi connectivity index (χ1n) is 6.96. The van der Waals surface area contributed by atoms with Crippen LogP contribution in [-0.2, 0) is 16.6 Å². The first kappa shape index (κ1) is 15.9. The molecule has 0 aliphatic carbocycles. The molecule has 2 heterocycles. The second-order valence-electron chi connectivity index (χ2n) is 5.18. The number of aliphatic hydroxyl groups excluding tert-OH is 1. The molecule has 2 N–H and O–H groups in total. The van der Waals surface area contributed by atoms with Gasteiger partial charge in [-0.3, -0.25) is 4.90 Å². The molecule has 1 saturated heterocycles. The lowest BCUT2D eigenvalue weighted by Crippen LogP contribution is -2.44. The predicted molar refractivity (Wildman–Crippen MR) is 80.3 cm³/mol. The molecule has 0 bridgehead atoms. The second-order valence-corrected chi connectivity index (χ2v) is 8.34. The molecule has 1 aromatic rings. The number of nitrogens with one attached hydrogen (secondary N) is 1. The highest BCUT2D eigenvalue weighted by atomic mass is 32.2. The minimum absolute atomic E-state index is 0.121. The van der Waals surface area contributed by atoms with Crippen LogP contribution in [0.25, 0.3) is 0 Å². The van der Waals surface area contributed by atoms with E-state index in [4.69, 9.17) is 5.11 Å². The van der Waals surface area contributed by atoms with Gasteiger partial charge in [-0.1, -0.05) is 6.42 Å². The molecule has 1 aromatic heterocycles. The second kappa shape index (κ2) is 7.00. The zero-order valence-corrected chi connectivity index (χ0v) is 13.3. The topological polar surface area (TPSA) is 69.6 Å². The van der Waals surface area contributed by atoms with Crippen molar-refractivity contribution >= 4 is 21.4 Å². The smallest absolute Gasteiger partial charge is 0.250 e. The maximum atomic E-state index is 12.1. The average Bonchev–Trinajstić information content (AvgIpc) is 2.95. The Labute approximate surface area is 124 Å². The molecule has 5 nitrogen and oxygen atoms in total. The molecule has 0 spiro atoms. The monoisotopic (exact) mass is 318 g/mol. The number of sulfonamides is 1. The third-order valence-corrected chi connectivity index (χ3v) is 6.63. The van der Waals surface area contributed by atoms with Crippen molar-refractivity contribution in [2.24, 2.45) is 0 Å². The van der Waals surface area contributed by atoms with Gasteiger partial charge in [0.15, 0.2) is 0 Å². The van der Waals surface area contributed by atoms with E-state index in [1.54, 1.807) is 12.1 Å². The number of likely N-dealkylation sites (tertiary alicyclic amines) is 1. The Bertz CT molecular complexity index is 521. The normalized spacial score (nSPS) is 19.1. The maximum absolute atomic E-state index is 12.1. The highest BCUT2D eigenvalue weighted by Gasteiger charge is 2.21.